The predicted molar refractivity (Wildman–Crippen MR) is 96.1 cm³/mol. The molecule has 1 aliphatic heterocycles. The smallest absolute Gasteiger partial charge is 0.317 e. The molecule has 0 aliphatic carbocycles. The van der Waals surface area contributed by atoms with Gasteiger partial charge in [0, 0.05) is 38.0 Å². The van der Waals surface area contributed by atoms with Crippen molar-refractivity contribution >= 4 is 11.9 Å². The molecule has 1 atom stereocenters. The number of aryl methyl sites for hydroxylation is 2. The molecule has 3 amide bonds. The molecule has 2 N–H and O–H groups in total. The second-order valence-corrected chi connectivity index (χ2v) is 7.49. The Morgan fingerprint density at radius 1 is 1.29 bits per heavy atom. The van der Waals surface area contributed by atoms with Gasteiger partial charge in [0.1, 0.15) is 0 Å². The monoisotopic (exact) mass is 331 g/mol. The Morgan fingerprint density at radius 2 is 2.00 bits per heavy atom. The summed E-state index contributed by atoms with van der Waals surface area (Å²) in [6.07, 6.45) is 0.813. The highest BCUT2D eigenvalue weighted by Crippen LogP contribution is 2.26. The lowest BCUT2D eigenvalue weighted by Crippen LogP contribution is -2.45. The topological polar surface area (TPSA) is 61.4 Å². The highest BCUT2D eigenvalue weighted by atomic mass is 16.2. The average molecular weight is 331 g/mol. The molecule has 1 aromatic rings. The lowest BCUT2D eigenvalue weighted by Gasteiger charge is -2.29. The van der Waals surface area contributed by atoms with E-state index in [2.05, 4.69) is 56.5 Å². The Kier molecular flexibility index (Phi) is 5.52. The average Bonchev–Trinajstić information content (AvgIpc) is 2.92. The summed E-state index contributed by atoms with van der Waals surface area (Å²) in [6, 6.07) is 6.46. The molecule has 132 valence electrons. The normalized spacial score (nSPS) is 17.7. The number of nitrogens with zero attached hydrogens (tertiary/aromatic N) is 1. The van der Waals surface area contributed by atoms with Crippen LogP contribution in [0, 0.1) is 13.8 Å². The number of hydrogen-bond donors (Lipinski definition) is 2. The van der Waals surface area contributed by atoms with Crippen molar-refractivity contribution in [2.45, 2.75) is 52.5 Å². The number of likely N-dealkylation sites (tertiary alicyclic amines) is 1. The first-order chi connectivity index (χ1) is 11.2. The molecule has 0 bridgehead atoms. The third kappa shape index (κ3) is 4.49. The fourth-order valence-corrected chi connectivity index (χ4v) is 3.43. The van der Waals surface area contributed by atoms with Crippen LogP contribution in [0.1, 0.15) is 43.9 Å². The van der Waals surface area contributed by atoms with Crippen LogP contribution in [0.25, 0.3) is 0 Å². The first-order valence-electron chi connectivity index (χ1n) is 8.56. The minimum absolute atomic E-state index is 0.0433. The molecule has 1 heterocycles. The van der Waals surface area contributed by atoms with E-state index in [1.54, 1.807) is 4.90 Å². The maximum atomic E-state index is 12.4. The molecule has 2 rings (SSSR count). The van der Waals surface area contributed by atoms with Gasteiger partial charge in [-0.1, -0.05) is 37.6 Å². The van der Waals surface area contributed by atoms with E-state index in [4.69, 9.17) is 0 Å². The molecule has 1 fully saturated rings. The fraction of sp³-hybridized carbons (Fsp3) is 0.579. The van der Waals surface area contributed by atoms with E-state index in [0.29, 0.717) is 19.6 Å². The Bertz CT molecular complexity index is 625. The van der Waals surface area contributed by atoms with Gasteiger partial charge in [0.25, 0.3) is 0 Å². The number of carbonyl (C=O) groups is 2. The summed E-state index contributed by atoms with van der Waals surface area (Å²) in [5.41, 5.74) is 3.62. The number of amides is 3. The minimum Gasteiger partial charge on any atom is -0.352 e. The molecule has 0 unspecified atom stereocenters. The quantitative estimate of drug-likeness (QED) is 0.890. The van der Waals surface area contributed by atoms with Crippen LogP contribution in [-0.4, -0.2) is 42.5 Å². The van der Waals surface area contributed by atoms with E-state index in [1.807, 2.05) is 0 Å². The second kappa shape index (κ2) is 7.24. The molecule has 0 aromatic heterocycles. The second-order valence-electron chi connectivity index (χ2n) is 7.49. The van der Waals surface area contributed by atoms with Crippen molar-refractivity contribution in [3.63, 3.8) is 0 Å². The summed E-state index contributed by atoms with van der Waals surface area (Å²) >= 11 is 0. The molecule has 1 aliphatic rings. The van der Waals surface area contributed by atoms with Crippen molar-refractivity contribution in [3.05, 3.63) is 34.9 Å². The standard InChI is InChI=1S/C19H29N3O2/c1-13-6-7-17(14(2)10-13)19(4,5)12-20-18(24)22-9-8-16(11-22)21-15(3)23/h6-7,10,16H,8-9,11-12H2,1-5H3,(H,20,24)(H,21,23)/t16-/m0/s1. The van der Waals surface area contributed by atoms with Crippen LogP contribution in [0.3, 0.4) is 0 Å². The number of urea groups is 1. The van der Waals surface area contributed by atoms with Gasteiger partial charge < -0.3 is 15.5 Å². The van der Waals surface area contributed by atoms with E-state index in [0.717, 1.165) is 6.42 Å². The van der Waals surface area contributed by atoms with Crippen LogP contribution in [0.15, 0.2) is 18.2 Å². The molecular formula is C19H29N3O2. The van der Waals surface area contributed by atoms with Gasteiger partial charge in [0.05, 0.1) is 0 Å². The van der Waals surface area contributed by atoms with Crippen molar-refractivity contribution in [2.75, 3.05) is 19.6 Å². The number of hydrogen-bond acceptors (Lipinski definition) is 2. The summed E-state index contributed by atoms with van der Waals surface area (Å²) in [5.74, 6) is -0.0433. The van der Waals surface area contributed by atoms with E-state index < -0.39 is 0 Å². The molecular weight excluding hydrogens is 302 g/mol. The number of carbonyl (C=O) groups excluding carboxylic acids is 2. The summed E-state index contributed by atoms with van der Waals surface area (Å²) in [5, 5.41) is 5.93. The summed E-state index contributed by atoms with van der Waals surface area (Å²) in [7, 11) is 0. The summed E-state index contributed by atoms with van der Waals surface area (Å²) in [6.45, 7) is 11.8. The van der Waals surface area contributed by atoms with Crippen molar-refractivity contribution in [3.8, 4) is 0 Å². The predicted octanol–water partition coefficient (Wildman–Crippen LogP) is 2.50. The zero-order valence-corrected chi connectivity index (χ0v) is 15.4. The highest BCUT2D eigenvalue weighted by molar-refractivity contribution is 5.76. The van der Waals surface area contributed by atoms with E-state index >= 15 is 0 Å². The van der Waals surface area contributed by atoms with Gasteiger partial charge in [0.15, 0.2) is 0 Å². The van der Waals surface area contributed by atoms with Gasteiger partial charge in [-0.3, -0.25) is 4.79 Å². The van der Waals surface area contributed by atoms with Crippen molar-refractivity contribution in [1.29, 1.82) is 0 Å². The Morgan fingerprint density at radius 3 is 2.62 bits per heavy atom. The molecule has 5 nitrogen and oxygen atoms in total. The van der Waals surface area contributed by atoms with Crippen LogP contribution in [0.2, 0.25) is 0 Å². The Labute approximate surface area is 144 Å². The zero-order valence-electron chi connectivity index (χ0n) is 15.4. The maximum absolute atomic E-state index is 12.4. The third-order valence-electron chi connectivity index (χ3n) is 4.68. The van der Waals surface area contributed by atoms with Crippen LogP contribution < -0.4 is 10.6 Å². The zero-order chi connectivity index (χ0) is 17.9. The maximum Gasteiger partial charge on any atom is 0.317 e. The van der Waals surface area contributed by atoms with Gasteiger partial charge in [-0.2, -0.15) is 0 Å². The van der Waals surface area contributed by atoms with Gasteiger partial charge in [0.2, 0.25) is 5.91 Å². The molecule has 1 aromatic carbocycles. The Balaban J connectivity index is 1.92. The third-order valence-corrected chi connectivity index (χ3v) is 4.68. The van der Waals surface area contributed by atoms with Crippen LogP contribution in [-0.2, 0) is 10.2 Å². The molecule has 0 spiro atoms. The van der Waals surface area contributed by atoms with E-state index in [1.165, 1.54) is 23.6 Å². The van der Waals surface area contributed by atoms with Crippen molar-refractivity contribution in [2.24, 2.45) is 0 Å². The lowest BCUT2D eigenvalue weighted by molar-refractivity contribution is -0.119. The van der Waals surface area contributed by atoms with Crippen molar-refractivity contribution < 1.29 is 9.59 Å². The fourth-order valence-electron chi connectivity index (χ4n) is 3.43. The van der Waals surface area contributed by atoms with Gasteiger partial charge in [-0.05, 0) is 31.4 Å². The van der Waals surface area contributed by atoms with Crippen LogP contribution in [0.5, 0.6) is 0 Å². The highest BCUT2D eigenvalue weighted by Gasteiger charge is 2.29. The minimum atomic E-state index is -0.135. The first kappa shape index (κ1) is 18.3. The SMILES string of the molecule is CC(=O)N[C@H]1CCN(C(=O)NCC(C)(C)c2ccc(C)cc2C)C1. The summed E-state index contributed by atoms with van der Waals surface area (Å²) < 4.78 is 0. The molecule has 0 radical (unpaired) electrons. The Hall–Kier alpha value is -2.04. The number of nitrogens with one attached hydrogen (secondary N) is 2. The molecule has 0 saturated carbocycles. The lowest BCUT2D eigenvalue weighted by atomic mass is 9.81. The van der Waals surface area contributed by atoms with Crippen molar-refractivity contribution in [1.82, 2.24) is 15.5 Å². The largest absolute Gasteiger partial charge is 0.352 e. The van der Waals surface area contributed by atoms with E-state index in [9.17, 15) is 9.59 Å². The van der Waals surface area contributed by atoms with Crippen LogP contribution in [0.4, 0.5) is 4.79 Å². The molecule has 1 saturated heterocycles. The van der Waals surface area contributed by atoms with Crippen LogP contribution >= 0.6 is 0 Å². The summed E-state index contributed by atoms with van der Waals surface area (Å²) in [4.78, 5) is 25.3. The molecule has 24 heavy (non-hydrogen) atoms. The molecule has 5 heteroatoms. The number of benzene rings is 1. The van der Waals surface area contributed by atoms with E-state index in [-0.39, 0.29) is 23.4 Å². The first-order valence-corrected chi connectivity index (χ1v) is 8.56. The number of rotatable bonds is 4. The van der Waals surface area contributed by atoms with Gasteiger partial charge in [-0.25, -0.2) is 4.79 Å². The van der Waals surface area contributed by atoms with Gasteiger partial charge >= 0.3 is 6.03 Å². The van der Waals surface area contributed by atoms with Gasteiger partial charge in [-0.15, -0.1) is 0 Å².